The Kier molecular flexibility index (Phi) is 9.34. The van der Waals surface area contributed by atoms with Crippen molar-refractivity contribution in [1.82, 2.24) is 4.90 Å². The lowest BCUT2D eigenvalue weighted by Gasteiger charge is -2.44. The number of hydrogen-bond donors (Lipinski definition) is 1. The number of benzene rings is 5. The van der Waals surface area contributed by atoms with Gasteiger partial charge < -0.3 is 4.90 Å². The fourth-order valence-corrected chi connectivity index (χ4v) is 6.46. The average molecular weight is 565 g/mol. The molecule has 6 rings (SSSR count). The van der Waals surface area contributed by atoms with Gasteiger partial charge in [-0.05, 0) is 31.9 Å². The van der Waals surface area contributed by atoms with Gasteiger partial charge in [0.2, 0.25) is 0 Å². The topological polar surface area (TPSA) is 32.4 Å². The molecule has 1 aliphatic rings. The Bertz CT molecular complexity index is 1470. The fourth-order valence-electron chi connectivity index (χ4n) is 6.46. The van der Waals surface area contributed by atoms with E-state index in [0.717, 1.165) is 5.69 Å². The van der Waals surface area contributed by atoms with Crippen molar-refractivity contribution in [2.45, 2.75) is 27.1 Å². The summed E-state index contributed by atoms with van der Waals surface area (Å²) in [4.78, 5) is 3.29. The molecule has 2 atom stereocenters. The molecule has 0 amide bonds. The number of nitrogens with one attached hydrogen (secondary N) is 1. The summed E-state index contributed by atoms with van der Waals surface area (Å²) in [6, 6.07) is 47.8. The Hall–Kier alpha value is -4.74. The highest BCUT2D eigenvalue weighted by atomic mass is 15.5. The molecule has 2 unspecified atom stereocenters. The van der Waals surface area contributed by atoms with Gasteiger partial charge in [0, 0.05) is 7.05 Å². The second-order valence-electron chi connectivity index (χ2n) is 11.6. The summed E-state index contributed by atoms with van der Waals surface area (Å²) in [5.41, 5.74) is 9.99. The Morgan fingerprint density at radius 1 is 0.605 bits per heavy atom. The lowest BCUT2D eigenvalue weighted by atomic mass is 9.13. The fraction of sp³-hybridized carbons (Fsp3) is 0.158. The summed E-state index contributed by atoms with van der Waals surface area (Å²) in [7, 11) is 4.10. The molecule has 216 valence electrons. The monoisotopic (exact) mass is 564 g/mol. The molecule has 1 N–H and O–H groups in total. The number of azo groups is 1. The van der Waals surface area contributed by atoms with E-state index in [1.54, 1.807) is 0 Å². The molecule has 1 aliphatic heterocycles. The number of aryl methyl sites for hydroxylation is 3. The predicted octanol–water partition coefficient (Wildman–Crippen LogP) is 4.97. The van der Waals surface area contributed by atoms with Crippen LogP contribution in [-0.2, 0) is 0 Å². The van der Waals surface area contributed by atoms with E-state index >= 15 is 0 Å². The molecule has 5 heteroatoms. The molecule has 0 saturated carbocycles. The van der Waals surface area contributed by atoms with Crippen molar-refractivity contribution in [3.05, 3.63) is 163 Å². The van der Waals surface area contributed by atoms with Gasteiger partial charge in [0.1, 0.15) is 12.3 Å². The highest BCUT2D eigenvalue weighted by Gasteiger charge is 2.31. The van der Waals surface area contributed by atoms with E-state index in [9.17, 15) is 0 Å². The van der Waals surface area contributed by atoms with Crippen LogP contribution in [0.2, 0.25) is 0 Å². The van der Waals surface area contributed by atoms with Crippen LogP contribution in [0.1, 0.15) is 16.7 Å². The summed E-state index contributed by atoms with van der Waals surface area (Å²) in [5, 5.41) is 8.91. The third-order valence-electron chi connectivity index (χ3n) is 8.47. The number of nitrogens with zero attached hydrogens (tertiary/aromatic N) is 3. The highest BCUT2D eigenvalue weighted by Crippen LogP contribution is 2.25. The molecule has 0 saturated heterocycles. The minimum Gasteiger partial charge on any atom is -0.306 e. The van der Waals surface area contributed by atoms with Crippen molar-refractivity contribution in [3.8, 4) is 0 Å². The SMILES string of the molecule is Cc1cc(C)c(N=NC2N(C)C=C[NH+]2C)c(C)c1.c1ccc([B-](c2ccccc2)(c2ccccc2)c2ccccc2)cc1. The Morgan fingerprint density at radius 2 is 0.977 bits per heavy atom. The molecule has 0 aliphatic carbocycles. The molecular formula is C38H41BN4. The van der Waals surface area contributed by atoms with Gasteiger partial charge in [0.05, 0.1) is 18.9 Å². The van der Waals surface area contributed by atoms with E-state index in [0.29, 0.717) is 0 Å². The van der Waals surface area contributed by atoms with Gasteiger partial charge in [-0.25, -0.2) is 0 Å². The average Bonchev–Trinajstić information content (AvgIpc) is 3.36. The quantitative estimate of drug-likeness (QED) is 0.229. The van der Waals surface area contributed by atoms with Gasteiger partial charge in [-0.3, -0.25) is 4.90 Å². The minimum absolute atomic E-state index is 0.0464. The van der Waals surface area contributed by atoms with E-state index in [1.165, 1.54) is 43.4 Å². The first-order valence-electron chi connectivity index (χ1n) is 15.0. The van der Waals surface area contributed by atoms with Crippen molar-refractivity contribution >= 4 is 33.7 Å². The van der Waals surface area contributed by atoms with Crippen molar-refractivity contribution in [3.63, 3.8) is 0 Å². The van der Waals surface area contributed by atoms with E-state index in [1.807, 2.05) is 13.2 Å². The highest BCUT2D eigenvalue weighted by molar-refractivity contribution is 7.19. The minimum atomic E-state index is -1.22. The largest absolute Gasteiger partial charge is 0.306 e. The van der Waals surface area contributed by atoms with Gasteiger partial charge in [-0.1, -0.05) is 139 Å². The Morgan fingerprint density at radius 3 is 1.30 bits per heavy atom. The molecule has 0 radical (unpaired) electrons. The van der Waals surface area contributed by atoms with Gasteiger partial charge in [-0.15, -0.1) is 10.2 Å². The summed E-state index contributed by atoms with van der Waals surface area (Å²) in [6.07, 6.45) is 2.95. The maximum absolute atomic E-state index is 4.46. The molecule has 0 fully saturated rings. The zero-order chi connectivity index (χ0) is 30.2. The van der Waals surface area contributed by atoms with Crippen LogP contribution in [0.3, 0.4) is 0 Å². The number of rotatable bonds is 6. The second-order valence-corrected chi connectivity index (χ2v) is 11.6. The molecule has 0 bridgehead atoms. The van der Waals surface area contributed by atoms with Crippen molar-refractivity contribution < 1.29 is 4.90 Å². The Balaban J connectivity index is 0.000000181. The first kappa shape index (κ1) is 29.7. The van der Waals surface area contributed by atoms with Gasteiger partial charge >= 0.3 is 0 Å². The molecule has 4 nitrogen and oxygen atoms in total. The lowest BCUT2D eigenvalue weighted by Crippen LogP contribution is -3.08. The standard InChI is InChI=1S/C24H20B.C14H20N4/c1-5-13-21(14-6-1)25(22-15-7-2-8-16-22,23-17-9-3-10-18-23)24-19-11-4-12-20-24;1-10-8-11(2)13(12(3)9-10)15-16-14-17(4)6-7-18(14)5/h1-20H;6-9,14H,1-5H3/q-1;/p+1. The van der Waals surface area contributed by atoms with Crippen LogP contribution < -0.4 is 26.8 Å². The van der Waals surface area contributed by atoms with E-state index < -0.39 is 6.15 Å². The van der Waals surface area contributed by atoms with Crippen molar-refractivity contribution in [2.75, 3.05) is 14.1 Å². The van der Waals surface area contributed by atoms with E-state index in [2.05, 4.69) is 183 Å². The van der Waals surface area contributed by atoms with Crippen molar-refractivity contribution in [2.24, 2.45) is 10.2 Å². The zero-order valence-electron chi connectivity index (χ0n) is 25.9. The van der Waals surface area contributed by atoms with Crippen LogP contribution >= 0.6 is 0 Å². The van der Waals surface area contributed by atoms with Gasteiger partial charge in [0.25, 0.3) is 6.29 Å². The smallest absolute Gasteiger partial charge is 0.284 e. The molecule has 0 spiro atoms. The molecular weight excluding hydrogens is 523 g/mol. The van der Waals surface area contributed by atoms with Crippen LogP contribution in [-0.4, -0.2) is 31.4 Å². The second kappa shape index (κ2) is 13.5. The third kappa shape index (κ3) is 6.37. The van der Waals surface area contributed by atoms with E-state index in [4.69, 9.17) is 0 Å². The summed E-state index contributed by atoms with van der Waals surface area (Å²) >= 11 is 0. The molecule has 43 heavy (non-hydrogen) atoms. The predicted molar refractivity (Wildman–Crippen MR) is 183 cm³/mol. The maximum Gasteiger partial charge on any atom is 0.284 e. The normalized spacial score (nSPS) is 16.3. The maximum atomic E-state index is 4.46. The first-order chi connectivity index (χ1) is 20.9. The number of hydrogen-bond acceptors (Lipinski definition) is 3. The van der Waals surface area contributed by atoms with Gasteiger partial charge in [0.15, 0.2) is 0 Å². The van der Waals surface area contributed by atoms with Crippen LogP contribution in [0, 0.1) is 20.8 Å². The van der Waals surface area contributed by atoms with Crippen LogP contribution in [0.5, 0.6) is 0 Å². The summed E-state index contributed by atoms with van der Waals surface area (Å²) in [5.74, 6) is 0. The lowest BCUT2D eigenvalue weighted by molar-refractivity contribution is -0.856. The zero-order valence-corrected chi connectivity index (χ0v) is 25.9. The molecule has 5 aromatic rings. The van der Waals surface area contributed by atoms with Crippen molar-refractivity contribution in [1.29, 1.82) is 0 Å². The van der Waals surface area contributed by atoms with E-state index in [-0.39, 0.29) is 6.29 Å². The number of quaternary nitrogens is 1. The third-order valence-corrected chi connectivity index (χ3v) is 8.47. The van der Waals surface area contributed by atoms with Gasteiger partial charge in [-0.2, -0.15) is 21.9 Å². The van der Waals surface area contributed by atoms with Crippen LogP contribution in [0.4, 0.5) is 5.69 Å². The molecule has 5 aromatic carbocycles. The first-order valence-corrected chi connectivity index (χ1v) is 15.0. The molecule has 0 aromatic heterocycles. The Labute approximate surface area is 257 Å². The summed E-state index contributed by atoms with van der Waals surface area (Å²) in [6.45, 7) is 6.27. The molecule has 1 heterocycles. The van der Waals surface area contributed by atoms with Crippen LogP contribution in [0.25, 0.3) is 0 Å². The van der Waals surface area contributed by atoms with Crippen LogP contribution in [0.15, 0.2) is 156 Å². The summed E-state index contributed by atoms with van der Waals surface area (Å²) < 4.78 is 0.